The molecule has 2 rings (SSSR count). The summed E-state index contributed by atoms with van der Waals surface area (Å²) in [4.78, 5) is 41.9. The fourth-order valence-corrected chi connectivity index (χ4v) is 2.77. The molecule has 0 aliphatic rings. The van der Waals surface area contributed by atoms with Gasteiger partial charge in [0.1, 0.15) is 0 Å². The minimum atomic E-state index is -0.395. The van der Waals surface area contributed by atoms with Gasteiger partial charge in [-0.3, -0.25) is 9.59 Å². The van der Waals surface area contributed by atoms with Crippen molar-refractivity contribution < 1.29 is 48.1 Å². The maximum absolute atomic E-state index is 10.6. The van der Waals surface area contributed by atoms with Gasteiger partial charge in [0.2, 0.25) is 0 Å². The maximum atomic E-state index is 10.6. The Morgan fingerprint density at radius 2 is 1.19 bits per heavy atom. The van der Waals surface area contributed by atoms with Crippen LogP contribution in [0.15, 0.2) is 24.3 Å². The molecule has 0 radical (unpaired) electrons. The Labute approximate surface area is 196 Å². The van der Waals surface area contributed by atoms with E-state index in [9.17, 15) is 19.2 Å². The zero-order valence-corrected chi connectivity index (χ0v) is 21.7. The van der Waals surface area contributed by atoms with Crippen molar-refractivity contribution in [3.05, 3.63) is 54.7 Å². The molecule has 9 heteroatoms. The molecule has 0 bridgehead atoms. The van der Waals surface area contributed by atoms with Crippen LogP contribution in [-0.4, -0.2) is 24.5 Å². The van der Waals surface area contributed by atoms with Gasteiger partial charge in [-0.2, -0.15) is 12.1 Å². The Bertz CT molecular complexity index is 769. The third kappa shape index (κ3) is 9.52. The number of benzene rings is 2. The number of ether oxygens (including phenoxy) is 2. The first kappa shape index (κ1) is 25.8. The molecule has 0 amide bonds. The van der Waals surface area contributed by atoms with Crippen LogP contribution in [-0.2, 0) is 29.1 Å². The Morgan fingerprint density at radius 3 is 1.41 bits per heavy atom. The first-order valence-electron chi connectivity index (χ1n) is 6.96. The fraction of sp³-hybridized carbons (Fsp3) is 0.111. The van der Waals surface area contributed by atoms with Crippen molar-refractivity contribution >= 4 is 69.7 Å². The van der Waals surface area contributed by atoms with Gasteiger partial charge in [-0.25, -0.2) is 0 Å². The van der Waals surface area contributed by atoms with Crippen molar-refractivity contribution in [3.8, 4) is 11.5 Å². The average molecular weight is 643 g/mol. The molecule has 0 unspecified atom stereocenters. The first-order chi connectivity index (χ1) is 12.3. The summed E-state index contributed by atoms with van der Waals surface area (Å²) in [5.74, 6) is -0.0709. The van der Waals surface area contributed by atoms with Crippen LogP contribution in [0.1, 0.15) is 34.6 Å². The van der Waals surface area contributed by atoms with E-state index in [1.807, 2.05) is 45.2 Å². The van der Waals surface area contributed by atoms with Crippen LogP contribution >= 0.6 is 45.2 Å². The van der Waals surface area contributed by atoms with Crippen molar-refractivity contribution in [2.24, 2.45) is 0 Å². The predicted octanol–water partition coefficient (Wildman–Crippen LogP) is 3.66. The second kappa shape index (κ2) is 13.1. The van der Waals surface area contributed by atoms with Crippen LogP contribution in [0.25, 0.3) is 0 Å². The van der Waals surface area contributed by atoms with Crippen LogP contribution in [0, 0.1) is 19.3 Å². The third-order valence-corrected chi connectivity index (χ3v) is 4.13. The van der Waals surface area contributed by atoms with E-state index in [0.717, 1.165) is 12.6 Å². The van der Waals surface area contributed by atoms with Gasteiger partial charge < -0.3 is 19.1 Å². The molecule has 0 fully saturated rings. The summed E-state index contributed by atoms with van der Waals surface area (Å²) in [7, 11) is 0. The van der Waals surface area contributed by atoms with Gasteiger partial charge in [-0.1, -0.05) is 18.3 Å². The summed E-state index contributed by atoms with van der Waals surface area (Å²) < 4.78 is 11.0. The average Bonchev–Trinajstić information content (AvgIpc) is 2.58. The molecule has 0 heterocycles. The van der Waals surface area contributed by atoms with Crippen LogP contribution in [0.2, 0.25) is 0 Å². The van der Waals surface area contributed by atoms with Gasteiger partial charge in [0.15, 0.2) is 0 Å². The Morgan fingerprint density at radius 1 is 0.852 bits per heavy atom. The normalized spacial score (nSPS) is 9.04. The van der Waals surface area contributed by atoms with Gasteiger partial charge in [0.05, 0.1) is 12.6 Å². The van der Waals surface area contributed by atoms with Crippen molar-refractivity contribution in [2.75, 3.05) is 0 Å². The molecule has 27 heavy (non-hydrogen) atoms. The monoisotopic (exact) mass is 642 g/mol. The standard InChI is InChI=1S/2C9H6IO3.Zn/c2*1-6(12)13-9-3-2-7(5-11)4-8(9)10;/h2*2,4-5H,1H3;/q2*-1;+2. The summed E-state index contributed by atoms with van der Waals surface area (Å²) in [5, 5.41) is 0. The van der Waals surface area contributed by atoms with Gasteiger partial charge in [-0.15, -0.1) is 69.4 Å². The number of hydrogen-bond acceptors (Lipinski definition) is 6. The van der Waals surface area contributed by atoms with Gasteiger partial charge in [0.25, 0.3) is 0 Å². The van der Waals surface area contributed by atoms with E-state index in [1.165, 1.54) is 26.0 Å². The molecule has 0 aliphatic heterocycles. The third-order valence-electron chi connectivity index (χ3n) is 2.52. The van der Waals surface area contributed by atoms with Crippen LogP contribution in [0.4, 0.5) is 0 Å². The van der Waals surface area contributed by atoms with Crippen molar-refractivity contribution in [1.82, 2.24) is 0 Å². The maximum Gasteiger partial charge on any atom is 2.00 e. The van der Waals surface area contributed by atoms with E-state index in [4.69, 9.17) is 9.47 Å². The van der Waals surface area contributed by atoms with Gasteiger partial charge in [0, 0.05) is 25.3 Å². The van der Waals surface area contributed by atoms with E-state index < -0.39 is 11.9 Å². The number of aldehydes is 2. The number of hydrogen-bond donors (Lipinski definition) is 0. The van der Waals surface area contributed by atoms with E-state index in [-0.39, 0.29) is 19.5 Å². The smallest absolute Gasteiger partial charge is 0.453 e. The fourth-order valence-electron chi connectivity index (χ4n) is 1.52. The Kier molecular flexibility index (Phi) is 12.5. The largest absolute Gasteiger partial charge is 2.00 e. The molecule has 6 nitrogen and oxygen atoms in total. The molecule has 136 valence electrons. The van der Waals surface area contributed by atoms with Crippen LogP contribution in [0.5, 0.6) is 11.5 Å². The summed E-state index contributed by atoms with van der Waals surface area (Å²) in [6, 6.07) is 11.6. The quantitative estimate of drug-likeness (QED) is 0.126. The number of halogens is 2. The molecule has 2 aromatic carbocycles. The molecule has 0 N–H and O–H groups in total. The topological polar surface area (TPSA) is 86.7 Å². The Balaban J connectivity index is 0.000000483. The van der Waals surface area contributed by atoms with Gasteiger partial charge in [-0.05, 0) is 0 Å². The number of carbonyl (C=O) groups is 4. The molecule has 0 saturated heterocycles. The number of carbonyl (C=O) groups excluding carboxylic acids is 4. The number of esters is 2. The zero-order valence-electron chi connectivity index (χ0n) is 14.4. The van der Waals surface area contributed by atoms with E-state index >= 15 is 0 Å². The van der Waals surface area contributed by atoms with Crippen molar-refractivity contribution in [1.29, 1.82) is 0 Å². The molecule has 2 aromatic rings. The van der Waals surface area contributed by atoms with E-state index in [1.54, 1.807) is 12.1 Å². The molecular formula is C18H12I2O6Zn. The zero-order chi connectivity index (χ0) is 19.7. The molecule has 0 aromatic heterocycles. The SMILES string of the molecule is CC(=O)Oc1[c-]cc(C=O)cc1I.CC(=O)Oc1[c-]cc(C=O)cc1I.[Zn+2]. The predicted molar refractivity (Wildman–Crippen MR) is 109 cm³/mol. The van der Waals surface area contributed by atoms with Crippen molar-refractivity contribution in [2.45, 2.75) is 13.8 Å². The van der Waals surface area contributed by atoms with E-state index in [0.29, 0.717) is 29.8 Å². The first-order valence-corrected chi connectivity index (χ1v) is 9.12. The number of rotatable bonds is 4. The van der Waals surface area contributed by atoms with Crippen molar-refractivity contribution in [3.63, 3.8) is 0 Å². The summed E-state index contributed by atoms with van der Waals surface area (Å²) >= 11 is 3.95. The molecule has 0 atom stereocenters. The summed E-state index contributed by atoms with van der Waals surface area (Å²) in [6.07, 6.45) is 1.44. The minimum absolute atomic E-state index is 0. The minimum Gasteiger partial charge on any atom is -0.453 e. The van der Waals surface area contributed by atoms with Gasteiger partial charge >= 0.3 is 31.4 Å². The summed E-state index contributed by atoms with van der Waals surface area (Å²) in [6.45, 7) is 2.63. The molecule has 0 saturated carbocycles. The molecular weight excluding hydrogens is 631 g/mol. The van der Waals surface area contributed by atoms with E-state index in [2.05, 4.69) is 12.1 Å². The van der Waals surface area contributed by atoms with Crippen LogP contribution in [0.3, 0.4) is 0 Å². The van der Waals surface area contributed by atoms with Crippen LogP contribution < -0.4 is 9.47 Å². The Hall–Kier alpha value is -1.20. The summed E-state index contributed by atoms with van der Waals surface area (Å²) in [5.41, 5.74) is 1.03. The molecule has 0 aliphatic carbocycles. The second-order valence-corrected chi connectivity index (χ2v) is 6.97. The molecule has 0 spiro atoms. The second-order valence-electron chi connectivity index (χ2n) is 4.64.